The molecule has 0 amide bonds. The molecule has 96 valence electrons. The Hall–Kier alpha value is 0.140. The first kappa shape index (κ1) is 13.6. The van der Waals surface area contributed by atoms with Gasteiger partial charge < -0.3 is 5.32 Å². The second-order valence-electron chi connectivity index (χ2n) is 5.13. The van der Waals surface area contributed by atoms with Gasteiger partial charge in [-0.05, 0) is 48.3 Å². The van der Waals surface area contributed by atoms with Gasteiger partial charge in [0.25, 0.3) is 0 Å². The summed E-state index contributed by atoms with van der Waals surface area (Å²) < 4.78 is 1.27. The van der Waals surface area contributed by atoms with Crippen LogP contribution >= 0.6 is 27.3 Å². The molecule has 0 spiro atoms. The molecule has 0 bridgehead atoms. The third-order valence-electron chi connectivity index (χ3n) is 3.86. The molecule has 1 aliphatic rings. The first-order valence-corrected chi connectivity index (χ1v) is 8.24. The van der Waals surface area contributed by atoms with E-state index in [0.717, 1.165) is 5.92 Å². The van der Waals surface area contributed by atoms with E-state index >= 15 is 0 Å². The lowest BCUT2D eigenvalue weighted by Crippen LogP contribution is -2.20. The Morgan fingerprint density at radius 3 is 2.65 bits per heavy atom. The lowest BCUT2D eigenvalue weighted by molar-refractivity contribution is 0.307. The molecule has 0 aliphatic heterocycles. The molecule has 1 saturated carbocycles. The Labute approximate surface area is 117 Å². The van der Waals surface area contributed by atoms with Crippen LogP contribution in [0, 0.1) is 12.8 Å². The molecular weight excluding hydrogens is 294 g/mol. The molecule has 17 heavy (non-hydrogen) atoms. The Bertz CT molecular complexity index is 336. The Morgan fingerprint density at radius 2 is 2.12 bits per heavy atom. The molecule has 1 unspecified atom stereocenters. The minimum Gasteiger partial charge on any atom is -0.312 e. The first-order chi connectivity index (χ1) is 8.20. The van der Waals surface area contributed by atoms with Gasteiger partial charge in [-0.3, -0.25) is 0 Å². The standard InChI is InChI=1S/C14H22BrNS/c1-10-12(15)9-14(17-10)13(16-2)8-11-6-4-3-5-7-11/h9,11,13,16H,3-8H2,1-2H3. The fourth-order valence-corrected chi connectivity index (χ4v) is 4.47. The molecule has 1 aromatic heterocycles. The molecule has 1 heterocycles. The maximum atomic E-state index is 3.62. The van der Waals surface area contributed by atoms with Crippen molar-refractivity contribution < 1.29 is 0 Å². The van der Waals surface area contributed by atoms with E-state index in [4.69, 9.17) is 0 Å². The van der Waals surface area contributed by atoms with E-state index in [0.29, 0.717) is 6.04 Å². The summed E-state index contributed by atoms with van der Waals surface area (Å²) in [6.07, 6.45) is 8.50. The number of halogens is 1. The third-order valence-corrected chi connectivity index (χ3v) is 6.11. The summed E-state index contributed by atoms with van der Waals surface area (Å²) in [5.74, 6) is 0.933. The summed E-state index contributed by atoms with van der Waals surface area (Å²) in [6, 6.07) is 2.84. The fourth-order valence-electron chi connectivity index (χ4n) is 2.79. The summed E-state index contributed by atoms with van der Waals surface area (Å²) in [4.78, 5) is 2.88. The average molecular weight is 316 g/mol. The van der Waals surface area contributed by atoms with Crippen molar-refractivity contribution in [2.24, 2.45) is 5.92 Å². The second kappa shape index (κ2) is 6.35. The fraction of sp³-hybridized carbons (Fsp3) is 0.714. The van der Waals surface area contributed by atoms with Crippen molar-refractivity contribution in [3.8, 4) is 0 Å². The van der Waals surface area contributed by atoms with E-state index in [1.807, 2.05) is 11.3 Å². The van der Waals surface area contributed by atoms with E-state index in [1.54, 1.807) is 0 Å². The van der Waals surface area contributed by atoms with E-state index in [1.165, 1.54) is 52.8 Å². The average Bonchev–Trinajstić information content (AvgIpc) is 2.68. The van der Waals surface area contributed by atoms with Crippen LogP contribution in [-0.2, 0) is 0 Å². The smallest absolute Gasteiger partial charge is 0.0415 e. The van der Waals surface area contributed by atoms with Crippen molar-refractivity contribution in [2.75, 3.05) is 7.05 Å². The number of aryl methyl sites for hydroxylation is 1. The molecule has 0 saturated heterocycles. The van der Waals surface area contributed by atoms with Gasteiger partial charge in [0, 0.05) is 20.3 Å². The van der Waals surface area contributed by atoms with Gasteiger partial charge in [0.1, 0.15) is 0 Å². The molecule has 1 N–H and O–H groups in total. The van der Waals surface area contributed by atoms with Gasteiger partial charge in [0.15, 0.2) is 0 Å². The minimum atomic E-state index is 0.549. The van der Waals surface area contributed by atoms with E-state index < -0.39 is 0 Å². The van der Waals surface area contributed by atoms with Crippen LogP contribution in [-0.4, -0.2) is 7.05 Å². The van der Waals surface area contributed by atoms with Crippen LogP contribution in [0.5, 0.6) is 0 Å². The highest BCUT2D eigenvalue weighted by Crippen LogP contribution is 2.36. The van der Waals surface area contributed by atoms with E-state index in [9.17, 15) is 0 Å². The zero-order chi connectivity index (χ0) is 12.3. The Kier molecular flexibility index (Phi) is 5.07. The number of hydrogen-bond donors (Lipinski definition) is 1. The molecule has 1 aliphatic carbocycles. The van der Waals surface area contributed by atoms with Crippen LogP contribution in [0.4, 0.5) is 0 Å². The van der Waals surface area contributed by atoms with Crippen molar-refractivity contribution in [2.45, 2.75) is 51.5 Å². The van der Waals surface area contributed by atoms with Crippen LogP contribution in [0.1, 0.15) is 54.3 Å². The van der Waals surface area contributed by atoms with Gasteiger partial charge >= 0.3 is 0 Å². The number of thiophene rings is 1. The van der Waals surface area contributed by atoms with Crippen molar-refractivity contribution in [1.29, 1.82) is 0 Å². The van der Waals surface area contributed by atoms with Crippen LogP contribution in [0.2, 0.25) is 0 Å². The van der Waals surface area contributed by atoms with Crippen LogP contribution in [0.15, 0.2) is 10.5 Å². The minimum absolute atomic E-state index is 0.549. The molecule has 1 fully saturated rings. The largest absolute Gasteiger partial charge is 0.312 e. The van der Waals surface area contributed by atoms with Gasteiger partial charge in [0.05, 0.1) is 0 Å². The predicted octanol–water partition coefficient (Wildman–Crippen LogP) is 5.05. The van der Waals surface area contributed by atoms with Crippen LogP contribution in [0.25, 0.3) is 0 Å². The summed E-state index contributed by atoms with van der Waals surface area (Å²) in [5, 5.41) is 3.50. The van der Waals surface area contributed by atoms with E-state index in [-0.39, 0.29) is 0 Å². The molecule has 0 radical (unpaired) electrons. The Balaban J connectivity index is 2.00. The van der Waals surface area contributed by atoms with Gasteiger partial charge in [-0.15, -0.1) is 11.3 Å². The van der Waals surface area contributed by atoms with Gasteiger partial charge in [-0.1, -0.05) is 32.1 Å². The summed E-state index contributed by atoms with van der Waals surface area (Å²) in [7, 11) is 2.09. The summed E-state index contributed by atoms with van der Waals surface area (Å²) >= 11 is 5.55. The summed E-state index contributed by atoms with van der Waals surface area (Å²) in [5.41, 5.74) is 0. The van der Waals surface area contributed by atoms with Crippen molar-refractivity contribution in [1.82, 2.24) is 5.32 Å². The number of hydrogen-bond acceptors (Lipinski definition) is 2. The normalized spacial score (nSPS) is 19.5. The van der Waals surface area contributed by atoms with Crippen LogP contribution in [0.3, 0.4) is 0 Å². The highest BCUT2D eigenvalue weighted by molar-refractivity contribution is 9.10. The zero-order valence-corrected chi connectivity index (χ0v) is 13.2. The SMILES string of the molecule is CNC(CC1CCCCC1)c1cc(Br)c(C)s1. The molecule has 0 aromatic carbocycles. The second-order valence-corrected chi connectivity index (χ2v) is 7.28. The first-order valence-electron chi connectivity index (χ1n) is 6.63. The highest BCUT2D eigenvalue weighted by atomic mass is 79.9. The topological polar surface area (TPSA) is 12.0 Å². The predicted molar refractivity (Wildman–Crippen MR) is 79.7 cm³/mol. The maximum absolute atomic E-state index is 3.62. The number of nitrogens with one attached hydrogen (secondary N) is 1. The number of rotatable bonds is 4. The quantitative estimate of drug-likeness (QED) is 0.819. The van der Waals surface area contributed by atoms with Crippen molar-refractivity contribution in [3.05, 3.63) is 20.3 Å². The van der Waals surface area contributed by atoms with Crippen molar-refractivity contribution >= 4 is 27.3 Å². The van der Waals surface area contributed by atoms with Gasteiger partial charge in [0.2, 0.25) is 0 Å². The zero-order valence-electron chi connectivity index (χ0n) is 10.8. The molecular formula is C14H22BrNS. The van der Waals surface area contributed by atoms with Crippen molar-refractivity contribution in [3.63, 3.8) is 0 Å². The molecule has 1 nitrogen and oxygen atoms in total. The molecule has 2 rings (SSSR count). The lowest BCUT2D eigenvalue weighted by Gasteiger charge is -2.25. The van der Waals surface area contributed by atoms with Crippen LogP contribution < -0.4 is 5.32 Å². The van der Waals surface area contributed by atoms with Gasteiger partial charge in [-0.25, -0.2) is 0 Å². The lowest BCUT2D eigenvalue weighted by atomic mass is 9.84. The van der Waals surface area contributed by atoms with Gasteiger partial charge in [-0.2, -0.15) is 0 Å². The monoisotopic (exact) mass is 315 g/mol. The third kappa shape index (κ3) is 3.55. The summed E-state index contributed by atoms with van der Waals surface area (Å²) in [6.45, 7) is 2.19. The highest BCUT2D eigenvalue weighted by Gasteiger charge is 2.20. The molecule has 3 heteroatoms. The Morgan fingerprint density at radius 1 is 1.41 bits per heavy atom. The molecule has 1 atom stereocenters. The van der Waals surface area contributed by atoms with E-state index in [2.05, 4.69) is 41.3 Å². The molecule has 1 aromatic rings. The maximum Gasteiger partial charge on any atom is 0.0415 e.